The highest BCUT2D eigenvalue weighted by molar-refractivity contribution is 7.99. The van der Waals surface area contributed by atoms with Gasteiger partial charge in [-0.2, -0.15) is 5.26 Å². The SMILES string of the molecule is CCSc1cccc(Oc2ccc(CCN)cc2)c1C#N. The van der Waals surface area contributed by atoms with Gasteiger partial charge in [-0.1, -0.05) is 25.1 Å². The molecule has 0 radical (unpaired) electrons. The van der Waals surface area contributed by atoms with Gasteiger partial charge in [0, 0.05) is 4.90 Å². The number of nitrogens with zero attached hydrogens (tertiary/aromatic N) is 1. The van der Waals surface area contributed by atoms with Gasteiger partial charge in [0.25, 0.3) is 0 Å². The van der Waals surface area contributed by atoms with E-state index in [4.69, 9.17) is 10.5 Å². The molecular weight excluding hydrogens is 280 g/mol. The van der Waals surface area contributed by atoms with Gasteiger partial charge in [0.05, 0.1) is 0 Å². The Labute approximate surface area is 129 Å². The second kappa shape index (κ2) is 7.72. The molecule has 0 atom stereocenters. The van der Waals surface area contributed by atoms with Crippen LogP contribution in [0.1, 0.15) is 18.1 Å². The predicted molar refractivity (Wildman–Crippen MR) is 86.8 cm³/mol. The average Bonchev–Trinajstić information content (AvgIpc) is 2.50. The highest BCUT2D eigenvalue weighted by atomic mass is 32.2. The summed E-state index contributed by atoms with van der Waals surface area (Å²) in [6.45, 7) is 2.70. The molecule has 2 aromatic carbocycles. The monoisotopic (exact) mass is 298 g/mol. The minimum Gasteiger partial charge on any atom is -0.456 e. The van der Waals surface area contributed by atoms with Gasteiger partial charge < -0.3 is 10.5 Å². The summed E-state index contributed by atoms with van der Waals surface area (Å²) in [4.78, 5) is 0.956. The average molecular weight is 298 g/mol. The number of thioether (sulfide) groups is 1. The van der Waals surface area contributed by atoms with Crippen molar-refractivity contribution in [2.45, 2.75) is 18.2 Å². The first-order chi connectivity index (χ1) is 10.3. The van der Waals surface area contributed by atoms with Crippen LogP contribution in [0.15, 0.2) is 47.4 Å². The first kappa shape index (κ1) is 15.4. The number of nitrogens with two attached hydrogens (primary N) is 1. The second-order valence-corrected chi connectivity index (χ2v) is 5.76. The van der Waals surface area contributed by atoms with Crippen molar-refractivity contribution in [3.05, 3.63) is 53.6 Å². The molecule has 2 rings (SSSR count). The highest BCUT2D eigenvalue weighted by Gasteiger charge is 2.10. The molecule has 108 valence electrons. The van der Waals surface area contributed by atoms with Crippen molar-refractivity contribution in [1.82, 2.24) is 0 Å². The number of hydrogen-bond acceptors (Lipinski definition) is 4. The Kier molecular flexibility index (Phi) is 5.68. The summed E-state index contributed by atoms with van der Waals surface area (Å²) in [7, 11) is 0. The lowest BCUT2D eigenvalue weighted by atomic mass is 10.1. The van der Waals surface area contributed by atoms with Gasteiger partial charge in [0.2, 0.25) is 0 Å². The van der Waals surface area contributed by atoms with Crippen LogP contribution >= 0.6 is 11.8 Å². The van der Waals surface area contributed by atoms with Crippen LogP contribution in [0.4, 0.5) is 0 Å². The van der Waals surface area contributed by atoms with Gasteiger partial charge in [-0.25, -0.2) is 0 Å². The van der Waals surface area contributed by atoms with E-state index in [9.17, 15) is 5.26 Å². The van der Waals surface area contributed by atoms with Gasteiger partial charge in [0.1, 0.15) is 23.1 Å². The summed E-state index contributed by atoms with van der Waals surface area (Å²) < 4.78 is 5.85. The second-order valence-electron chi connectivity index (χ2n) is 4.46. The van der Waals surface area contributed by atoms with Crippen LogP contribution in [0.5, 0.6) is 11.5 Å². The molecule has 0 fully saturated rings. The minimum absolute atomic E-state index is 0.593. The lowest BCUT2D eigenvalue weighted by Crippen LogP contribution is -2.02. The summed E-state index contributed by atoms with van der Waals surface area (Å²) in [6.07, 6.45) is 0.854. The molecule has 0 heterocycles. The van der Waals surface area contributed by atoms with Crippen LogP contribution < -0.4 is 10.5 Å². The third-order valence-electron chi connectivity index (χ3n) is 2.98. The Morgan fingerprint density at radius 2 is 1.95 bits per heavy atom. The van der Waals surface area contributed by atoms with Crippen LogP contribution in [-0.2, 0) is 6.42 Å². The van der Waals surface area contributed by atoms with Crippen LogP contribution in [0, 0.1) is 11.3 Å². The molecule has 0 amide bonds. The first-order valence-electron chi connectivity index (χ1n) is 6.91. The molecule has 0 saturated heterocycles. The summed E-state index contributed by atoms with van der Waals surface area (Å²) in [5.41, 5.74) is 7.31. The Hall–Kier alpha value is -1.96. The zero-order valence-corrected chi connectivity index (χ0v) is 12.8. The van der Waals surface area contributed by atoms with E-state index >= 15 is 0 Å². The fraction of sp³-hybridized carbons (Fsp3) is 0.235. The highest BCUT2D eigenvalue weighted by Crippen LogP contribution is 2.32. The molecule has 0 aliphatic heterocycles. The summed E-state index contributed by atoms with van der Waals surface area (Å²) in [6, 6.07) is 15.7. The number of rotatable bonds is 6. The smallest absolute Gasteiger partial charge is 0.146 e. The molecule has 2 aromatic rings. The Morgan fingerprint density at radius 1 is 1.19 bits per heavy atom. The topological polar surface area (TPSA) is 59.0 Å². The zero-order valence-electron chi connectivity index (χ0n) is 12.0. The summed E-state index contributed by atoms with van der Waals surface area (Å²) in [5, 5.41) is 9.36. The van der Waals surface area contributed by atoms with E-state index in [1.807, 2.05) is 42.5 Å². The van der Waals surface area contributed by atoms with E-state index in [1.165, 1.54) is 5.56 Å². The Balaban J connectivity index is 2.23. The van der Waals surface area contributed by atoms with Crippen LogP contribution in [-0.4, -0.2) is 12.3 Å². The van der Waals surface area contributed by atoms with E-state index < -0.39 is 0 Å². The molecule has 0 aromatic heterocycles. The maximum absolute atomic E-state index is 9.36. The quantitative estimate of drug-likeness (QED) is 0.820. The third-order valence-corrected chi connectivity index (χ3v) is 3.92. The van der Waals surface area contributed by atoms with Gasteiger partial charge in [-0.05, 0) is 48.5 Å². The molecule has 21 heavy (non-hydrogen) atoms. The number of nitriles is 1. The maximum atomic E-state index is 9.36. The predicted octanol–water partition coefficient (Wildman–Crippen LogP) is 3.96. The van der Waals surface area contributed by atoms with Gasteiger partial charge in [0.15, 0.2) is 0 Å². The van der Waals surface area contributed by atoms with Crippen molar-refractivity contribution in [1.29, 1.82) is 5.26 Å². The number of ether oxygens (including phenoxy) is 1. The molecule has 0 saturated carbocycles. The van der Waals surface area contributed by atoms with Crippen molar-refractivity contribution in [2.75, 3.05) is 12.3 Å². The summed E-state index contributed by atoms with van der Waals surface area (Å²) in [5.74, 6) is 2.25. The molecule has 2 N–H and O–H groups in total. The van der Waals surface area contributed by atoms with Gasteiger partial charge >= 0.3 is 0 Å². The molecule has 0 unspecified atom stereocenters. The fourth-order valence-electron chi connectivity index (χ4n) is 2.00. The van der Waals surface area contributed by atoms with Crippen LogP contribution in [0.2, 0.25) is 0 Å². The standard InChI is InChI=1S/C17H18N2OS/c1-2-21-17-5-3-4-16(15(17)12-19)20-14-8-6-13(7-9-14)10-11-18/h3-9H,2,10-11,18H2,1H3. The van der Waals surface area contributed by atoms with E-state index in [2.05, 4.69) is 13.0 Å². The van der Waals surface area contributed by atoms with Crippen molar-refractivity contribution >= 4 is 11.8 Å². The van der Waals surface area contributed by atoms with E-state index in [0.717, 1.165) is 22.8 Å². The molecule has 4 heteroatoms. The molecule has 0 aliphatic rings. The molecular formula is C17H18N2OS. The molecule has 0 bridgehead atoms. The van der Waals surface area contributed by atoms with Crippen molar-refractivity contribution in [2.24, 2.45) is 5.73 Å². The molecule has 0 aliphatic carbocycles. The number of hydrogen-bond donors (Lipinski definition) is 1. The van der Waals surface area contributed by atoms with E-state index in [0.29, 0.717) is 17.9 Å². The molecule has 3 nitrogen and oxygen atoms in total. The van der Waals surface area contributed by atoms with Gasteiger partial charge in [-0.15, -0.1) is 11.8 Å². The van der Waals surface area contributed by atoms with Crippen molar-refractivity contribution in [3.63, 3.8) is 0 Å². The van der Waals surface area contributed by atoms with Crippen LogP contribution in [0.3, 0.4) is 0 Å². The van der Waals surface area contributed by atoms with Crippen molar-refractivity contribution in [3.8, 4) is 17.6 Å². The largest absolute Gasteiger partial charge is 0.456 e. The van der Waals surface area contributed by atoms with E-state index in [-0.39, 0.29) is 0 Å². The lowest BCUT2D eigenvalue weighted by molar-refractivity contribution is 0.479. The zero-order chi connectivity index (χ0) is 15.1. The van der Waals surface area contributed by atoms with Crippen molar-refractivity contribution < 1.29 is 4.74 Å². The normalized spacial score (nSPS) is 10.1. The summed E-state index contributed by atoms with van der Waals surface area (Å²) >= 11 is 1.64. The van der Waals surface area contributed by atoms with Crippen LogP contribution in [0.25, 0.3) is 0 Å². The first-order valence-corrected chi connectivity index (χ1v) is 7.89. The molecule has 0 spiro atoms. The van der Waals surface area contributed by atoms with E-state index in [1.54, 1.807) is 11.8 Å². The fourth-order valence-corrected chi connectivity index (χ4v) is 2.78. The minimum atomic E-state index is 0.593. The third kappa shape index (κ3) is 4.01. The lowest BCUT2D eigenvalue weighted by Gasteiger charge is -2.10. The number of benzene rings is 2. The Bertz CT molecular complexity index is 632. The van der Waals surface area contributed by atoms with Gasteiger partial charge in [-0.3, -0.25) is 0 Å². The maximum Gasteiger partial charge on any atom is 0.146 e. The Morgan fingerprint density at radius 3 is 2.57 bits per heavy atom.